The van der Waals surface area contributed by atoms with E-state index in [1.165, 1.54) is 16.4 Å². The van der Waals surface area contributed by atoms with Gasteiger partial charge >= 0.3 is 5.97 Å². The van der Waals surface area contributed by atoms with Crippen LogP contribution in [0.4, 0.5) is 11.4 Å². The maximum absolute atomic E-state index is 13.1. The standard InChI is InChI=1S/C20H22ClN3O6S2/c1-2-30-20(25)14-31-19-7-6-17(13-18(19)24(26)27)32(28,29)23-10-8-22(9-11-23)16-5-3-4-15(21)12-16/h3-7,12-13H,2,8-11,14H2,1H3. The van der Waals surface area contributed by atoms with Gasteiger partial charge in [-0.3, -0.25) is 14.9 Å². The number of benzene rings is 2. The fourth-order valence-electron chi connectivity index (χ4n) is 3.27. The third-order valence-electron chi connectivity index (χ3n) is 4.83. The van der Waals surface area contributed by atoms with E-state index in [9.17, 15) is 23.3 Å². The zero-order valence-corrected chi connectivity index (χ0v) is 19.7. The zero-order valence-electron chi connectivity index (χ0n) is 17.3. The number of hydrogen-bond donors (Lipinski definition) is 0. The number of rotatable bonds is 8. The molecule has 0 aliphatic carbocycles. The van der Waals surface area contributed by atoms with E-state index in [1.54, 1.807) is 13.0 Å². The maximum atomic E-state index is 13.1. The summed E-state index contributed by atoms with van der Waals surface area (Å²) in [5.74, 6) is -0.604. The number of nitro groups is 1. The van der Waals surface area contributed by atoms with Crippen LogP contribution in [0.2, 0.25) is 5.02 Å². The van der Waals surface area contributed by atoms with Gasteiger partial charge in [-0.25, -0.2) is 8.42 Å². The zero-order chi connectivity index (χ0) is 23.3. The fraction of sp³-hybridized carbons (Fsp3) is 0.350. The maximum Gasteiger partial charge on any atom is 0.316 e. The summed E-state index contributed by atoms with van der Waals surface area (Å²) in [6.45, 7) is 3.29. The van der Waals surface area contributed by atoms with Gasteiger partial charge in [0.1, 0.15) is 0 Å². The van der Waals surface area contributed by atoms with Gasteiger partial charge in [0.25, 0.3) is 5.69 Å². The number of nitro benzene ring substituents is 1. The van der Waals surface area contributed by atoms with Gasteiger partial charge in [-0.2, -0.15) is 4.31 Å². The quantitative estimate of drug-likeness (QED) is 0.235. The van der Waals surface area contributed by atoms with E-state index in [0.29, 0.717) is 18.1 Å². The Morgan fingerprint density at radius 3 is 2.53 bits per heavy atom. The molecule has 0 N–H and O–H groups in total. The third-order valence-corrected chi connectivity index (χ3v) is 7.99. The average Bonchev–Trinajstić information content (AvgIpc) is 2.77. The SMILES string of the molecule is CCOC(=O)CSc1ccc(S(=O)(=O)N2CCN(c3cccc(Cl)c3)CC2)cc1[N+](=O)[O-]. The van der Waals surface area contributed by atoms with E-state index in [-0.39, 0.29) is 40.9 Å². The second-order valence-electron chi connectivity index (χ2n) is 6.85. The molecule has 0 bridgehead atoms. The van der Waals surface area contributed by atoms with Gasteiger partial charge < -0.3 is 9.64 Å². The molecule has 0 saturated carbocycles. The van der Waals surface area contributed by atoms with Crippen LogP contribution < -0.4 is 4.90 Å². The summed E-state index contributed by atoms with van der Waals surface area (Å²) in [4.78, 5) is 24.5. The molecular formula is C20H22ClN3O6S2. The first-order valence-electron chi connectivity index (χ1n) is 9.80. The van der Waals surface area contributed by atoms with E-state index >= 15 is 0 Å². The highest BCUT2D eigenvalue weighted by Gasteiger charge is 2.30. The number of hydrogen-bond acceptors (Lipinski definition) is 8. The molecule has 3 rings (SSSR count). The molecule has 0 amide bonds. The van der Waals surface area contributed by atoms with E-state index in [4.69, 9.17) is 16.3 Å². The molecule has 32 heavy (non-hydrogen) atoms. The number of piperazine rings is 1. The van der Waals surface area contributed by atoms with Gasteiger partial charge in [-0.05, 0) is 37.3 Å². The highest BCUT2D eigenvalue weighted by Crippen LogP contribution is 2.33. The number of carbonyl (C=O) groups is 1. The summed E-state index contributed by atoms with van der Waals surface area (Å²) in [5, 5.41) is 12.1. The van der Waals surface area contributed by atoms with Gasteiger partial charge in [0, 0.05) is 43.0 Å². The Morgan fingerprint density at radius 1 is 1.19 bits per heavy atom. The first kappa shape index (κ1) is 24.3. The largest absolute Gasteiger partial charge is 0.465 e. The van der Waals surface area contributed by atoms with E-state index < -0.39 is 20.9 Å². The average molecular weight is 500 g/mol. The lowest BCUT2D eigenvalue weighted by Gasteiger charge is -2.35. The Kier molecular flexibility index (Phi) is 7.99. The molecule has 0 atom stereocenters. The van der Waals surface area contributed by atoms with Crippen LogP contribution in [0.25, 0.3) is 0 Å². The molecular weight excluding hydrogens is 478 g/mol. The minimum Gasteiger partial charge on any atom is -0.465 e. The normalized spacial score (nSPS) is 14.9. The van der Waals surface area contributed by atoms with Crippen molar-refractivity contribution in [1.29, 1.82) is 0 Å². The lowest BCUT2D eigenvalue weighted by Crippen LogP contribution is -2.48. The van der Waals surface area contributed by atoms with Crippen LogP contribution >= 0.6 is 23.4 Å². The Hall–Kier alpha value is -2.34. The predicted molar refractivity (Wildman–Crippen MR) is 123 cm³/mol. The van der Waals surface area contributed by atoms with Crippen LogP contribution in [-0.2, 0) is 19.6 Å². The molecule has 9 nitrogen and oxygen atoms in total. The van der Waals surface area contributed by atoms with Crippen molar-refractivity contribution in [3.8, 4) is 0 Å². The van der Waals surface area contributed by atoms with E-state index in [1.807, 2.05) is 23.1 Å². The van der Waals surface area contributed by atoms with Gasteiger partial charge in [0.05, 0.1) is 27.1 Å². The number of thioether (sulfide) groups is 1. The summed E-state index contributed by atoms with van der Waals surface area (Å²) >= 11 is 6.97. The second-order valence-corrected chi connectivity index (χ2v) is 10.2. The number of nitrogens with zero attached hydrogens (tertiary/aromatic N) is 3. The van der Waals surface area contributed by atoms with Crippen LogP contribution in [0.1, 0.15) is 6.92 Å². The summed E-state index contributed by atoms with van der Waals surface area (Å²) in [6.07, 6.45) is 0. The molecule has 1 aliphatic heterocycles. The van der Waals surface area contributed by atoms with Gasteiger partial charge in [-0.15, -0.1) is 11.8 Å². The second kappa shape index (κ2) is 10.5. The third kappa shape index (κ3) is 5.71. The fourth-order valence-corrected chi connectivity index (χ4v) is 5.70. The molecule has 0 radical (unpaired) electrons. The number of carbonyl (C=O) groups excluding carboxylic acids is 1. The van der Waals surface area contributed by atoms with Crippen molar-refractivity contribution in [3.05, 3.63) is 57.6 Å². The molecule has 2 aromatic rings. The summed E-state index contributed by atoms with van der Waals surface area (Å²) in [7, 11) is -3.91. The Balaban J connectivity index is 1.74. The minimum atomic E-state index is -3.91. The monoisotopic (exact) mass is 499 g/mol. The molecule has 1 fully saturated rings. The molecule has 0 spiro atoms. The minimum absolute atomic E-state index is 0.105. The lowest BCUT2D eigenvalue weighted by molar-refractivity contribution is -0.388. The van der Waals surface area contributed by atoms with Crippen LogP contribution in [-0.4, -0.2) is 62.2 Å². The van der Waals surface area contributed by atoms with Crippen molar-refractivity contribution in [3.63, 3.8) is 0 Å². The number of halogens is 1. The molecule has 1 saturated heterocycles. The van der Waals surface area contributed by atoms with Crippen molar-refractivity contribution in [2.24, 2.45) is 0 Å². The van der Waals surface area contributed by atoms with Crippen molar-refractivity contribution < 1.29 is 22.9 Å². The molecule has 0 unspecified atom stereocenters. The van der Waals surface area contributed by atoms with Gasteiger partial charge in [0.15, 0.2) is 0 Å². The van der Waals surface area contributed by atoms with Crippen molar-refractivity contribution >= 4 is 50.7 Å². The number of ether oxygens (including phenoxy) is 1. The van der Waals surface area contributed by atoms with Gasteiger partial charge in [-0.1, -0.05) is 17.7 Å². The Morgan fingerprint density at radius 2 is 1.91 bits per heavy atom. The smallest absolute Gasteiger partial charge is 0.316 e. The van der Waals surface area contributed by atoms with Crippen LogP contribution in [0, 0.1) is 10.1 Å². The predicted octanol–water partition coefficient (Wildman–Crippen LogP) is 3.41. The first-order chi connectivity index (χ1) is 15.2. The topological polar surface area (TPSA) is 110 Å². The molecule has 1 aliphatic rings. The Bertz CT molecular complexity index is 1100. The van der Waals surface area contributed by atoms with Gasteiger partial charge in [0.2, 0.25) is 10.0 Å². The first-order valence-corrected chi connectivity index (χ1v) is 12.6. The number of esters is 1. The lowest BCUT2D eigenvalue weighted by atomic mass is 10.2. The molecule has 2 aromatic carbocycles. The number of sulfonamides is 1. The highest BCUT2D eigenvalue weighted by atomic mass is 35.5. The highest BCUT2D eigenvalue weighted by molar-refractivity contribution is 8.00. The molecule has 0 aromatic heterocycles. The summed E-state index contributed by atoms with van der Waals surface area (Å²) < 4.78 is 32.4. The number of anilines is 1. The van der Waals surface area contributed by atoms with Crippen LogP contribution in [0.5, 0.6) is 0 Å². The van der Waals surface area contributed by atoms with Crippen molar-refractivity contribution in [2.45, 2.75) is 16.7 Å². The molecule has 1 heterocycles. The Labute approximate surface area is 195 Å². The van der Waals surface area contributed by atoms with Crippen molar-refractivity contribution in [1.82, 2.24) is 4.31 Å². The van der Waals surface area contributed by atoms with Crippen LogP contribution in [0.3, 0.4) is 0 Å². The van der Waals surface area contributed by atoms with Crippen molar-refractivity contribution in [2.75, 3.05) is 43.4 Å². The summed E-state index contributed by atoms with van der Waals surface area (Å²) in [6, 6.07) is 11.1. The summed E-state index contributed by atoms with van der Waals surface area (Å²) in [5.41, 5.74) is 0.547. The van der Waals surface area contributed by atoms with Crippen LogP contribution in [0.15, 0.2) is 52.3 Å². The molecule has 172 valence electrons. The van der Waals surface area contributed by atoms with E-state index in [0.717, 1.165) is 23.5 Å². The van der Waals surface area contributed by atoms with E-state index in [2.05, 4.69) is 0 Å². The molecule has 12 heteroatoms.